The minimum atomic E-state index is -2.71. The molecule has 0 bridgehead atoms. The Balaban J connectivity index is 1.81. The minimum Gasteiger partial charge on any atom is -0.308 e. The number of sulfone groups is 1. The van der Waals surface area contributed by atoms with Crippen molar-refractivity contribution in [2.75, 3.05) is 11.5 Å². The van der Waals surface area contributed by atoms with Crippen molar-refractivity contribution in [2.45, 2.75) is 44.2 Å². The summed E-state index contributed by atoms with van der Waals surface area (Å²) in [5.41, 5.74) is 0. The smallest absolute Gasteiger partial charge is 0.150 e. The van der Waals surface area contributed by atoms with Crippen LogP contribution in [-0.4, -0.2) is 32.0 Å². The summed E-state index contributed by atoms with van der Waals surface area (Å²) >= 11 is 0. The van der Waals surface area contributed by atoms with Crippen LogP contribution in [0.3, 0.4) is 0 Å². The van der Waals surface area contributed by atoms with Crippen LogP contribution in [0.1, 0.15) is 32.1 Å². The largest absolute Gasteiger partial charge is 0.308 e. The van der Waals surface area contributed by atoms with Crippen molar-refractivity contribution in [3.05, 3.63) is 12.2 Å². The molecule has 1 aliphatic carbocycles. The van der Waals surface area contributed by atoms with Crippen molar-refractivity contribution in [1.29, 1.82) is 0 Å². The first kappa shape index (κ1) is 11.1. The highest BCUT2D eigenvalue weighted by molar-refractivity contribution is 7.91. The second-order valence-corrected chi connectivity index (χ2v) is 6.86. The average Bonchev–Trinajstić information content (AvgIpc) is 2.23. The molecule has 15 heavy (non-hydrogen) atoms. The van der Waals surface area contributed by atoms with Crippen molar-refractivity contribution >= 4 is 9.84 Å². The third-order valence-electron chi connectivity index (χ3n) is 3.26. The zero-order chi connectivity index (χ0) is 10.7. The summed E-state index contributed by atoms with van der Waals surface area (Å²) < 4.78 is 22.5. The van der Waals surface area contributed by atoms with E-state index < -0.39 is 9.84 Å². The molecule has 1 saturated heterocycles. The highest BCUT2D eigenvalue weighted by Gasteiger charge is 2.24. The summed E-state index contributed by atoms with van der Waals surface area (Å²) in [5, 5.41) is 3.54. The molecule has 0 amide bonds. The van der Waals surface area contributed by atoms with E-state index in [0.717, 1.165) is 12.8 Å². The summed E-state index contributed by atoms with van der Waals surface area (Å²) in [4.78, 5) is 0. The summed E-state index contributed by atoms with van der Waals surface area (Å²) in [6.45, 7) is 0. The molecular formula is C11H19NO2S. The Kier molecular flexibility index (Phi) is 3.46. The quantitative estimate of drug-likeness (QED) is 0.725. The van der Waals surface area contributed by atoms with Crippen LogP contribution in [0.2, 0.25) is 0 Å². The van der Waals surface area contributed by atoms with E-state index in [1.807, 2.05) is 0 Å². The maximum absolute atomic E-state index is 11.2. The van der Waals surface area contributed by atoms with Gasteiger partial charge in [-0.2, -0.15) is 0 Å². The lowest BCUT2D eigenvalue weighted by molar-refractivity contribution is 0.409. The number of allylic oxidation sites excluding steroid dienone is 1. The second-order valence-electron chi connectivity index (χ2n) is 4.56. The lowest BCUT2D eigenvalue weighted by atomic mass is 10.0. The van der Waals surface area contributed by atoms with Gasteiger partial charge in [0.2, 0.25) is 0 Å². The number of rotatable bonds is 2. The van der Waals surface area contributed by atoms with Gasteiger partial charge in [0.25, 0.3) is 0 Å². The molecule has 1 heterocycles. The van der Waals surface area contributed by atoms with E-state index in [2.05, 4.69) is 17.5 Å². The van der Waals surface area contributed by atoms with Gasteiger partial charge < -0.3 is 5.32 Å². The SMILES string of the molecule is O=S1(=O)CCC(NC2C=CCCC2)CC1. The van der Waals surface area contributed by atoms with Crippen LogP contribution in [0.5, 0.6) is 0 Å². The Labute approximate surface area is 91.9 Å². The topological polar surface area (TPSA) is 46.2 Å². The van der Waals surface area contributed by atoms with Crippen LogP contribution in [0.4, 0.5) is 0 Å². The van der Waals surface area contributed by atoms with E-state index in [1.165, 1.54) is 19.3 Å². The summed E-state index contributed by atoms with van der Waals surface area (Å²) in [5.74, 6) is 0.724. The van der Waals surface area contributed by atoms with Crippen molar-refractivity contribution in [3.8, 4) is 0 Å². The molecule has 0 aromatic rings. The molecule has 1 unspecified atom stereocenters. The Hall–Kier alpha value is -0.350. The first-order valence-electron chi connectivity index (χ1n) is 5.79. The maximum atomic E-state index is 11.2. The molecule has 1 aliphatic heterocycles. The third kappa shape index (κ3) is 3.31. The Morgan fingerprint density at radius 2 is 1.87 bits per heavy atom. The molecule has 0 saturated carbocycles. The first-order valence-corrected chi connectivity index (χ1v) is 7.61. The molecule has 0 spiro atoms. The summed E-state index contributed by atoms with van der Waals surface area (Å²) in [6.07, 6.45) is 9.66. The molecule has 3 nitrogen and oxygen atoms in total. The third-order valence-corrected chi connectivity index (χ3v) is 4.97. The summed E-state index contributed by atoms with van der Waals surface area (Å²) in [6, 6.07) is 0.880. The van der Waals surface area contributed by atoms with Crippen LogP contribution in [0.25, 0.3) is 0 Å². The van der Waals surface area contributed by atoms with Gasteiger partial charge in [0.1, 0.15) is 9.84 Å². The van der Waals surface area contributed by atoms with Crippen LogP contribution in [0.15, 0.2) is 12.2 Å². The zero-order valence-corrected chi connectivity index (χ0v) is 9.80. The fourth-order valence-electron chi connectivity index (χ4n) is 2.31. The Bertz CT molecular complexity index is 320. The molecule has 0 aromatic carbocycles. The molecular weight excluding hydrogens is 210 g/mol. The number of hydrogen-bond donors (Lipinski definition) is 1. The van der Waals surface area contributed by atoms with E-state index in [-0.39, 0.29) is 0 Å². The molecule has 86 valence electrons. The van der Waals surface area contributed by atoms with E-state index in [4.69, 9.17) is 0 Å². The van der Waals surface area contributed by atoms with E-state index in [0.29, 0.717) is 23.6 Å². The van der Waals surface area contributed by atoms with E-state index in [9.17, 15) is 8.42 Å². The Morgan fingerprint density at radius 1 is 1.13 bits per heavy atom. The van der Waals surface area contributed by atoms with Crippen molar-refractivity contribution < 1.29 is 8.42 Å². The van der Waals surface area contributed by atoms with Crippen molar-refractivity contribution in [3.63, 3.8) is 0 Å². The fraction of sp³-hybridized carbons (Fsp3) is 0.818. The fourth-order valence-corrected chi connectivity index (χ4v) is 3.80. The maximum Gasteiger partial charge on any atom is 0.150 e. The van der Waals surface area contributed by atoms with Gasteiger partial charge in [-0.25, -0.2) is 8.42 Å². The van der Waals surface area contributed by atoms with Gasteiger partial charge in [-0.1, -0.05) is 12.2 Å². The predicted octanol–water partition coefficient (Wildman–Crippen LogP) is 1.26. The standard InChI is InChI=1S/C11H19NO2S/c13-15(14)8-6-11(7-9-15)12-10-4-2-1-3-5-10/h2,4,10-12H,1,3,5-9H2. The van der Waals surface area contributed by atoms with Crippen LogP contribution in [-0.2, 0) is 9.84 Å². The average molecular weight is 229 g/mol. The van der Waals surface area contributed by atoms with Crippen molar-refractivity contribution in [1.82, 2.24) is 5.32 Å². The molecule has 4 heteroatoms. The van der Waals surface area contributed by atoms with E-state index in [1.54, 1.807) is 0 Å². The van der Waals surface area contributed by atoms with Crippen LogP contribution < -0.4 is 5.32 Å². The molecule has 2 rings (SSSR count). The monoisotopic (exact) mass is 229 g/mol. The minimum absolute atomic E-state index is 0.362. The molecule has 2 aliphatic rings. The number of hydrogen-bond acceptors (Lipinski definition) is 3. The zero-order valence-electron chi connectivity index (χ0n) is 8.98. The normalized spacial score (nSPS) is 31.6. The molecule has 1 atom stereocenters. The lowest BCUT2D eigenvalue weighted by Crippen LogP contribution is -2.42. The van der Waals surface area contributed by atoms with Gasteiger partial charge >= 0.3 is 0 Å². The van der Waals surface area contributed by atoms with Crippen molar-refractivity contribution in [2.24, 2.45) is 0 Å². The molecule has 0 aromatic heterocycles. The van der Waals surface area contributed by atoms with Gasteiger partial charge in [-0.15, -0.1) is 0 Å². The van der Waals surface area contributed by atoms with Gasteiger partial charge in [0.05, 0.1) is 11.5 Å². The molecule has 1 fully saturated rings. The predicted molar refractivity (Wildman–Crippen MR) is 61.6 cm³/mol. The second kappa shape index (κ2) is 4.66. The van der Waals surface area contributed by atoms with E-state index >= 15 is 0 Å². The highest BCUT2D eigenvalue weighted by atomic mass is 32.2. The molecule has 0 radical (unpaired) electrons. The van der Waals surface area contributed by atoms with Gasteiger partial charge in [-0.05, 0) is 32.1 Å². The summed E-state index contributed by atoms with van der Waals surface area (Å²) in [7, 11) is -2.71. The lowest BCUT2D eigenvalue weighted by Gasteiger charge is -2.28. The Morgan fingerprint density at radius 3 is 2.47 bits per heavy atom. The van der Waals surface area contributed by atoms with Crippen LogP contribution >= 0.6 is 0 Å². The molecule has 1 N–H and O–H groups in total. The number of nitrogens with one attached hydrogen (secondary N) is 1. The van der Waals surface area contributed by atoms with Gasteiger partial charge in [0, 0.05) is 12.1 Å². The van der Waals surface area contributed by atoms with Gasteiger partial charge in [-0.3, -0.25) is 0 Å². The van der Waals surface area contributed by atoms with Crippen LogP contribution in [0, 0.1) is 0 Å². The van der Waals surface area contributed by atoms with Gasteiger partial charge in [0.15, 0.2) is 0 Å². The first-order chi connectivity index (χ1) is 7.16. The highest BCUT2D eigenvalue weighted by Crippen LogP contribution is 2.16.